The van der Waals surface area contributed by atoms with Gasteiger partial charge in [-0.15, -0.1) is 0 Å². The maximum absolute atomic E-state index is 12.4. The highest BCUT2D eigenvalue weighted by molar-refractivity contribution is 6.30. The first kappa shape index (κ1) is 16.6. The van der Waals surface area contributed by atoms with Crippen molar-refractivity contribution in [1.82, 2.24) is 9.80 Å². The summed E-state index contributed by atoms with van der Waals surface area (Å²) in [4.78, 5) is 18.7. The van der Waals surface area contributed by atoms with E-state index < -0.39 is 0 Å². The van der Waals surface area contributed by atoms with Crippen LogP contribution in [0.2, 0.25) is 5.02 Å². The molecule has 0 saturated carbocycles. The minimum Gasteiger partial charge on any atom is -0.392 e. The molecular weight excluding hydrogens is 314 g/mol. The summed E-state index contributed by atoms with van der Waals surface area (Å²) in [6, 6.07) is 7.85. The molecule has 6 heteroatoms. The van der Waals surface area contributed by atoms with Gasteiger partial charge in [0.15, 0.2) is 0 Å². The van der Waals surface area contributed by atoms with Crippen molar-refractivity contribution < 1.29 is 9.90 Å². The average Bonchev–Trinajstić information content (AvgIpc) is 2.55. The normalized spacial score (nSPS) is 23.1. The highest BCUT2D eigenvalue weighted by Crippen LogP contribution is 2.21. The number of β-amino-alcohol motifs (C(OH)–C–C–N with tert-alkyl or cyclic N) is 1. The predicted octanol–water partition coefficient (Wildman–Crippen LogP) is 1.45. The lowest BCUT2D eigenvalue weighted by molar-refractivity contribution is -0.133. The highest BCUT2D eigenvalue weighted by atomic mass is 35.5. The number of carbonyl (C=O) groups excluding carboxylic acids is 1. The molecule has 0 aromatic heterocycles. The van der Waals surface area contributed by atoms with Crippen LogP contribution >= 0.6 is 11.6 Å². The third kappa shape index (κ3) is 4.37. The van der Waals surface area contributed by atoms with Crippen LogP contribution in [0.5, 0.6) is 0 Å². The van der Waals surface area contributed by atoms with Crippen LogP contribution < -0.4 is 4.90 Å². The van der Waals surface area contributed by atoms with Crippen molar-refractivity contribution in [2.24, 2.45) is 0 Å². The molecule has 0 spiro atoms. The zero-order chi connectivity index (χ0) is 16.2. The summed E-state index contributed by atoms with van der Waals surface area (Å²) in [6.07, 6.45) is 1.54. The van der Waals surface area contributed by atoms with Gasteiger partial charge in [0.1, 0.15) is 0 Å². The number of rotatable bonds is 3. The summed E-state index contributed by atoms with van der Waals surface area (Å²) < 4.78 is 0. The number of aliphatic hydroxyl groups excluding tert-OH is 1. The second kappa shape index (κ2) is 7.51. The van der Waals surface area contributed by atoms with Crippen molar-refractivity contribution in [1.29, 1.82) is 0 Å². The molecule has 1 atom stereocenters. The van der Waals surface area contributed by atoms with Crippen LogP contribution in [0.3, 0.4) is 0 Å². The summed E-state index contributed by atoms with van der Waals surface area (Å²) in [5, 5.41) is 10.4. The third-order valence-electron chi connectivity index (χ3n) is 4.65. The van der Waals surface area contributed by atoms with Gasteiger partial charge in [-0.3, -0.25) is 9.69 Å². The Balaban J connectivity index is 1.49. The van der Waals surface area contributed by atoms with E-state index in [1.807, 2.05) is 23.1 Å². The van der Waals surface area contributed by atoms with E-state index in [0.29, 0.717) is 13.1 Å². The Morgan fingerprint density at radius 1 is 1.22 bits per heavy atom. The second-order valence-electron chi connectivity index (χ2n) is 6.38. The predicted molar refractivity (Wildman–Crippen MR) is 91.9 cm³/mol. The molecule has 126 valence electrons. The third-order valence-corrected chi connectivity index (χ3v) is 4.88. The van der Waals surface area contributed by atoms with E-state index in [1.54, 1.807) is 0 Å². The fraction of sp³-hybridized carbons (Fsp3) is 0.588. The van der Waals surface area contributed by atoms with Gasteiger partial charge in [-0.2, -0.15) is 0 Å². The standard InChI is InChI=1S/C17H24ClN3O2/c18-14-3-1-4-15(11-14)20-7-9-21(10-8-20)17(23)13-19-6-2-5-16(22)12-19/h1,3-4,11,16,22H,2,5-10,12-13H2. The van der Waals surface area contributed by atoms with Crippen molar-refractivity contribution in [2.75, 3.05) is 50.7 Å². The van der Waals surface area contributed by atoms with Gasteiger partial charge >= 0.3 is 0 Å². The molecule has 1 unspecified atom stereocenters. The number of nitrogens with zero attached hydrogens (tertiary/aromatic N) is 3. The van der Waals surface area contributed by atoms with Crippen molar-refractivity contribution in [3.8, 4) is 0 Å². The minimum absolute atomic E-state index is 0.171. The lowest BCUT2D eigenvalue weighted by atomic mass is 10.1. The van der Waals surface area contributed by atoms with Crippen molar-refractivity contribution >= 4 is 23.2 Å². The van der Waals surface area contributed by atoms with E-state index in [1.165, 1.54) is 0 Å². The summed E-state index contributed by atoms with van der Waals surface area (Å²) >= 11 is 6.05. The van der Waals surface area contributed by atoms with E-state index in [4.69, 9.17) is 11.6 Å². The number of aliphatic hydroxyl groups is 1. The number of carbonyl (C=O) groups is 1. The summed E-state index contributed by atoms with van der Waals surface area (Å²) in [5.41, 5.74) is 1.11. The highest BCUT2D eigenvalue weighted by Gasteiger charge is 2.25. The molecule has 23 heavy (non-hydrogen) atoms. The molecule has 3 rings (SSSR count). The number of hydrogen-bond donors (Lipinski definition) is 1. The van der Waals surface area contributed by atoms with E-state index in [9.17, 15) is 9.90 Å². The molecule has 1 amide bonds. The largest absolute Gasteiger partial charge is 0.392 e. The molecule has 2 aliphatic heterocycles. The van der Waals surface area contributed by atoms with Crippen LogP contribution in [0.1, 0.15) is 12.8 Å². The molecule has 0 bridgehead atoms. The van der Waals surface area contributed by atoms with Crippen LogP contribution in [0.15, 0.2) is 24.3 Å². The minimum atomic E-state index is -0.281. The average molecular weight is 338 g/mol. The first-order chi connectivity index (χ1) is 11.1. The molecule has 0 radical (unpaired) electrons. The maximum atomic E-state index is 12.4. The van der Waals surface area contributed by atoms with E-state index in [0.717, 1.165) is 56.3 Å². The number of piperazine rings is 1. The number of benzene rings is 1. The number of hydrogen-bond acceptors (Lipinski definition) is 4. The van der Waals surface area contributed by atoms with Gasteiger partial charge < -0.3 is 14.9 Å². The first-order valence-corrected chi connectivity index (χ1v) is 8.68. The number of amides is 1. The Bertz CT molecular complexity index is 546. The van der Waals surface area contributed by atoms with Gasteiger partial charge in [0.2, 0.25) is 5.91 Å². The van der Waals surface area contributed by atoms with Gasteiger partial charge in [-0.25, -0.2) is 0 Å². The monoisotopic (exact) mass is 337 g/mol. The van der Waals surface area contributed by atoms with Crippen LogP contribution in [0.4, 0.5) is 5.69 Å². The molecule has 2 heterocycles. The molecule has 0 aliphatic carbocycles. The second-order valence-corrected chi connectivity index (χ2v) is 6.82. The Kier molecular flexibility index (Phi) is 5.41. The Morgan fingerprint density at radius 3 is 2.70 bits per heavy atom. The number of likely N-dealkylation sites (tertiary alicyclic amines) is 1. The smallest absolute Gasteiger partial charge is 0.236 e. The fourth-order valence-electron chi connectivity index (χ4n) is 3.35. The van der Waals surface area contributed by atoms with Crippen molar-refractivity contribution in [3.05, 3.63) is 29.3 Å². The molecule has 1 N–H and O–H groups in total. The van der Waals surface area contributed by atoms with Crippen molar-refractivity contribution in [3.63, 3.8) is 0 Å². The Morgan fingerprint density at radius 2 is 2.00 bits per heavy atom. The van der Waals surface area contributed by atoms with Crippen LogP contribution in [-0.2, 0) is 4.79 Å². The zero-order valence-electron chi connectivity index (χ0n) is 13.3. The Hall–Kier alpha value is -1.30. The quantitative estimate of drug-likeness (QED) is 0.907. The van der Waals surface area contributed by atoms with Crippen LogP contribution in [0, 0.1) is 0 Å². The zero-order valence-corrected chi connectivity index (χ0v) is 14.1. The number of anilines is 1. The van der Waals surface area contributed by atoms with Gasteiger partial charge in [0.05, 0.1) is 12.6 Å². The summed E-state index contributed by atoms with van der Waals surface area (Å²) in [6.45, 7) is 5.08. The maximum Gasteiger partial charge on any atom is 0.236 e. The molecule has 2 saturated heterocycles. The van der Waals surface area contributed by atoms with Crippen LogP contribution in [0.25, 0.3) is 0 Å². The number of halogens is 1. The first-order valence-electron chi connectivity index (χ1n) is 8.30. The van der Waals surface area contributed by atoms with Crippen LogP contribution in [-0.4, -0.2) is 72.7 Å². The Labute approximate surface area is 142 Å². The van der Waals surface area contributed by atoms with E-state index in [-0.39, 0.29) is 12.0 Å². The van der Waals surface area contributed by atoms with E-state index in [2.05, 4.69) is 15.9 Å². The van der Waals surface area contributed by atoms with E-state index >= 15 is 0 Å². The lowest BCUT2D eigenvalue weighted by Crippen LogP contribution is -2.52. The molecule has 5 nitrogen and oxygen atoms in total. The topological polar surface area (TPSA) is 47.0 Å². The molecule has 2 fully saturated rings. The fourth-order valence-corrected chi connectivity index (χ4v) is 3.54. The van der Waals surface area contributed by atoms with Gasteiger partial charge in [0, 0.05) is 43.4 Å². The number of piperidine rings is 1. The lowest BCUT2D eigenvalue weighted by Gasteiger charge is -2.37. The molecule has 1 aromatic carbocycles. The van der Waals surface area contributed by atoms with Crippen molar-refractivity contribution in [2.45, 2.75) is 18.9 Å². The summed E-state index contributed by atoms with van der Waals surface area (Å²) in [7, 11) is 0. The molecular formula is C17H24ClN3O2. The summed E-state index contributed by atoms with van der Waals surface area (Å²) in [5.74, 6) is 0.171. The SMILES string of the molecule is O=C(CN1CCCC(O)C1)N1CCN(c2cccc(Cl)c2)CC1. The van der Waals surface area contributed by atoms with Gasteiger partial charge in [-0.05, 0) is 37.6 Å². The molecule has 2 aliphatic rings. The molecule has 1 aromatic rings. The van der Waals surface area contributed by atoms with Gasteiger partial charge in [-0.1, -0.05) is 17.7 Å². The van der Waals surface area contributed by atoms with Gasteiger partial charge in [0.25, 0.3) is 0 Å².